The zero-order valence-electron chi connectivity index (χ0n) is 41.2. The van der Waals surface area contributed by atoms with Crippen LogP contribution in [0, 0.1) is 0 Å². The van der Waals surface area contributed by atoms with Gasteiger partial charge in [-0.25, -0.2) is 9.37 Å². The molecule has 3 N–H and O–H groups in total. The molecule has 1 amide bonds. The van der Waals surface area contributed by atoms with E-state index in [1.165, 1.54) is 29.2 Å². The lowest BCUT2D eigenvalue weighted by Gasteiger charge is -2.38. The molecule has 0 saturated heterocycles. The summed E-state index contributed by atoms with van der Waals surface area (Å²) < 4.78 is 33.8. The fraction of sp³-hybridized carbons (Fsp3) is 0.288. The number of carboxylic acid groups (broad SMARTS) is 1. The molecule has 0 aromatic heterocycles. The fourth-order valence-electron chi connectivity index (χ4n) is 8.01. The highest BCUT2D eigenvalue weighted by Crippen LogP contribution is 2.43. The van der Waals surface area contributed by atoms with E-state index in [1.807, 2.05) is 68.0 Å². The first kappa shape index (κ1) is 52.2. The predicted octanol–water partition coefficient (Wildman–Crippen LogP) is 5.62. The number of hydrogen-bond acceptors (Lipinski definition) is 15. The third kappa shape index (κ3) is 12.7. The standard InChI is InChI=1S/C52H57N5O13Si/c1-32(58)67-30-69-48(60)28-57(29-49(61)70-31-68-33(2)59)43-21-15-35(25-45(43)66-23-22-65-44-13-11-10-12-42(44)53-3)54-51(62)34-14-18-38(41(24-34)52(63)64)50-39-19-16-36(55(4)5)26-46(39)71(8,9)47-27-37(56(6)7)17-20-40(47)50/h10-21,24-27,53H,22-23,28-31H2,1-9H3,(H-,54,62,63,64)/p+1. The summed E-state index contributed by atoms with van der Waals surface area (Å²) >= 11 is 0. The van der Waals surface area contributed by atoms with Gasteiger partial charge in [-0.3, -0.25) is 24.0 Å². The molecule has 1 aliphatic carbocycles. The van der Waals surface area contributed by atoms with Crippen molar-refractivity contribution in [1.29, 1.82) is 0 Å². The van der Waals surface area contributed by atoms with Gasteiger partial charge in [0, 0.05) is 70.1 Å². The quantitative estimate of drug-likeness (QED) is 0.0323. The number of nitrogens with zero attached hydrogens (tertiary/aromatic N) is 3. The number of nitrogens with one attached hydrogen (secondary N) is 2. The van der Waals surface area contributed by atoms with E-state index in [1.54, 1.807) is 25.2 Å². The number of para-hydroxylation sites is 2. The first-order valence-corrected chi connectivity index (χ1v) is 25.5. The molecule has 18 nitrogen and oxygen atoms in total. The van der Waals surface area contributed by atoms with Gasteiger partial charge in [-0.15, -0.1) is 0 Å². The molecule has 71 heavy (non-hydrogen) atoms. The summed E-state index contributed by atoms with van der Waals surface area (Å²) in [6, 6.07) is 22.6. The molecule has 0 fully saturated rings. The Morgan fingerprint density at radius 2 is 1.37 bits per heavy atom. The maximum absolute atomic E-state index is 14.2. The van der Waals surface area contributed by atoms with E-state index in [-0.39, 0.29) is 41.5 Å². The summed E-state index contributed by atoms with van der Waals surface area (Å²) in [4.78, 5) is 79.5. The van der Waals surface area contributed by atoms with E-state index in [4.69, 9.17) is 28.4 Å². The minimum Gasteiger partial charge on any atom is -0.488 e. The van der Waals surface area contributed by atoms with Crippen LogP contribution in [0.4, 0.5) is 22.7 Å². The second-order valence-corrected chi connectivity index (χ2v) is 21.6. The molecule has 1 aliphatic heterocycles. The van der Waals surface area contributed by atoms with Crippen LogP contribution >= 0.6 is 0 Å². The molecule has 0 saturated carbocycles. The molecule has 4 aromatic carbocycles. The summed E-state index contributed by atoms with van der Waals surface area (Å²) in [7, 11) is 7.34. The third-order valence-electron chi connectivity index (χ3n) is 11.6. The number of aromatic carboxylic acids is 1. The van der Waals surface area contributed by atoms with Gasteiger partial charge in [-0.2, -0.15) is 0 Å². The number of rotatable bonds is 20. The minimum absolute atomic E-state index is 0.0369. The highest BCUT2D eigenvalue weighted by molar-refractivity contribution is 6.98. The molecule has 19 heteroatoms. The van der Waals surface area contributed by atoms with Crippen molar-refractivity contribution in [3.63, 3.8) is 0 Å². The summed E-state index contributed by atoms with van der Waals surface area (Å²) in [5, 5.41) is 19.0. The fourth-order valence-corrected chi connectivity index (χ4v) is 11.1. The van der Waals surface area contributed by atoms with Crippen molar-refractivity contribution < 1.29 is 66.9 Å². The number of hydrogen-bond donors (Lipinski definition) is 3. The SMILES string of the molecule is CNc1ccccc1OCCOc1cc(NC(=O)c2ccc(C3=C4C=CC(=[N+](C)C)C=C4[Si](C)(C)c4cc(N(C)C)ccc43)c(C(=O)O)c2)ccc1N(CC(=O)OCOC(C)=O)CC(=O)OCOC(C)=O. The van der Waals surface area contributed by atoms with Gasteiger partial charge >= 0.3 is 29.8 Å². The Morgan fingerprint density at radius 1 is 0.732 bits per heavy atom. The van der Waals surface area contributed by atoms with Gasteiger partial charge in [0.05, 0.1) is 16.9 Å². The smallest absolute Gasteiger partial charge is 0.336 e. The van der Waals surface area contributed by atoms with Crippen LogP contribution < -0.4 is 35.1 Å². The van der Waals surface area contributed by atoms with Crippen molar-refractivity contribution in [1.82, 2.24) is 0 Å². The highest BCUT2D eigenvalue weighted by atomic mass is 28.3. The van der Waals surface area contributed by atoms with Gasteiger partial charge in [-0.1, -0.05) is 37.4 Å². The average Bonchev–Trinajstić information content (AvgIpc) is 3.32. The maximum Gasteiger partial charge on any atom is 0.336 e. The Labute approximate surface area is 412 Å². The van der Waals surface area contributed by atoms with E-state index in [2.05, 4.69) is 48.0 Å². The molecule has 0 atom stereocenters. The Bertz CT molecular complexity index is 2850. The van der Waals surface area contributed by atoms with Crippen LogP contribution in [0.15, 0.2) is 108 Å². The van der Waals surface area contributed by atoms with E-state index in [0.29, 0.717) is 11.3 Å². The monoisotopic (exact) mass is 988 g/mol. The molecular formula is C52H58N5O13Si+. The molecule has 6 rings (SSSR count). The van der Waals surface area contributed by atoms with E-state index < -0.39 is 70.5 Å². The van der Waals surface area contributed by atoms with Crippen LogP contribution in [0.3, 0.4) is 0 Å². The summed E-state index contributed by atoms with van der Waals surface area (Å²) in [5.74, 6) is -4.40. The van der Waals surface area contributed by atoms with E-state index >= 15 is 0 Å². The van der Waals surface area contributed by atoms with Crippen LogP contribution in [0.5, 0.6) is 11.5 Å². The largest absolute Gasteiger partial charge is 0.488 e. The van der Waals surface area contributed by atoms with Crippen molar-refractivity contribution in [2.45, 2.75) is 26.9 Å². The van der Waals surface area contributed by atoms with Crippen molar-refractivity contribution >= 4 is 83.0 Å². The zero-order valence-corrected chi connectivity index (χ0v) is 42.2. The number of esters is 4. The number of carbonyl (C=O) groups excluding carboxylic acids is 5. The predicted molar refractivity (Wildman–Crippen MR) is 271 cm³/mol. The summed E-state index contributed by atoms with van der Waals surface area (Å²) in [5.41, 5.74) is 6.21. The lowest BCUT2D eigenvalue weighted by atomic mass is 9.86. The number of fused-ring (bicyclic) bond motifs is 2. The van der Waals surface area contributed by atoms with Gasteiger partial charge in [-0.05, 0) is 87.3 Å². The molecule has 0 spiro atoms. The molecule has 372 valence electrons. The first-order valence-electron chi connectivity index (χ1n) is 22.5. The normalized spacial score (nSPS) is 13.1. The topological polar surface area (TPSA) is 212 Å². The zero-order chi connectivity index (χ0) is 51.6. The second-order valence-electron chi connectivity index (χ2n) is 17.3. The molecule has 4 aromatic rings. The van der Waals surface area contributed by atoms with Gasteiger partial charge < -0.3 is 54.0 Å². The minimum atomic E-state index is -2.35. The van der Waals surface area contributed by atoms with E-state index in [9.17, 15) is 33.9 Å². The molecule has 0 unspecified atom stereocenters. The van der Waals surface area contributed by atoms with Gasteiger partial charge in [0.1, 0.15) is 60.0 Å². The number of amides is 1. The Hall–Kier alpha value is -8.19. The molecular weight excluding hydrogens is 931 g/mol. The number of carbonyl (C=O) groups is 6. The highest BCUT2D eigenvalue weighted by Gasteiger charge is 2.41. The number of allylic oxidation sites excluding steroid dienone is 5. The van der Waals surface area contributed by atoms with Crippen molar-refractivity contribution in [2.75, 3.05) is 95.6 Å². The maximum atomic E-state index is 14.2. The van der Waals surface area contributed by atoms with Crippen molar-refractivity contribution in [3.05, 3.63) is 130 Å². The van der Waals surface area contributed by atoms with Crippen LogP contribution in [0.1, 0.15) is 45.7 Å². The van der Waals surface area contributed by atoms with Crippen LogP contribution in [-0.4, -0.2) is 134 Å². The van der Waals surface area contributed by atoms with Crippen molar-refractivity contribution in [3.8, 4) is 11.5 Å². The number of benzene rings is 4. The number of ether oxygens (including phenoxy) is 6. The molecule has 2 aliphatic rings. The number of carboxylic acids is 1. The average molecular weight is 989 g/mol. The second kappa shape index (κ2) is 22.9. The Balaban J connectivity index is 1.36. The first-order chi connectivity index (χ1) is 33.8. The lowest BCUT2D eigenvalue weighted by Crippen LogP contribution is -2.49. The molecule has 0 radical (unpaired) electrons. The van der Waals surface area contributed by atoms with Gasteiger partial charge in [0.15, 0.2) is 5.71 Å². The van der Waals surface area contributed by atoms with Gasteiger partial charge in [0.2, 0.25) is 13.6 Å². The van der Waals surface area contributed by atoms with Crippen LogP contribution in [-0.2, 0) is 38.1 Å². The van der Waals surface area contributed by atoms with E-state index in [0.717, 1.165) is 58.0 Å². The third-order valence-corrected chi connectivity index (χ3v) is 15.1. The Kier molecular flexibility index (Phi) is 16.9. The molecule has 0 bridgehead atoms. The molecule has 1 heterocycles. The Morgan fingerprint density at radius 3 is 1.97 bits per heavy atom. The van der Waals surface area contributed by atoms with Crippen LogP contribution in [0.25, 0.3) is 5.57 Å². The van der Waals surface area contributed by atoms with Gasteiger partial charge in [0.25, 0.3) is 5.91 Å². The van der Waals surface area contributed by atoms with Crippen molar-refractivity contribution in [2.24, 2.45) is 0 Å². The van der Waals surface area contributed by atoms with Crippen LogP contribution in [0.2, 0.25) is 13.1 Å². The number of anilines is 4. The summed E-state index contributed by atoms with van der Waals surface area (Å²) in [6.45, 7) is 4.33. The lowest BCUT2D eigenvalue weighted by molar-refractivity contribution is -0.462. The summed E-state index contributed by atoms with van der Waals surface area (Å²) in [6.07, 6.45) is 6.28.